The standard InChI is InChI=1S/C17H18ClNO2S/c1-22-16-8-6-15(7-9-16)21-12-17(20)19-11-10-13-2-4-14(18)5-3-13/h2-9H,10-12H2,1H3,(H,19,20). The molecule has 2 aromatic rings. The Balaban J connectivity index is 1.68. The minimum Gasteiger partial charge on any atom is -0.484 e. The summed E-state index contributed by atoms with van der Waals surface area (Å²) in [5.41, 5.74) is 1.14. The predicted molar refractivity (Wildman–Crippen MR) is 91.9 cm³/mol. The van der Waals surface area contributed by atoms with Crippen molar-refractivity contribution in [3.8, 4) is 5.75 Å². The molecule has 0 spiro atoms. The fourth-order valence-corrected chi connectivity index (χ4v) is 2.40. The molecule has 2 rings (SSSR count). The summed E-state index contributed by atoms with van der Waals surface area (Å²) in [6.45, 7) is 0.606. The zero-order valence-corrected chi connectivity index (χ0v) is 13.9. The number of nitrogens with one attached hydrogen (secondary N) is 1. The quantitative estimate of drug-likeness (QED) is 0.782. The maximum atomic E-state index is 11.7. The molecule has 0 aliphatic heterocycles. The van der Waals surface area contributed by atoms with Crippen molar-refractivity contribution in [3.05, 3.63) is 59.1 Å². The third kappa shape index (κ3) is 5.62. The van der Waals surface area contributed by atoms with E-state index in [1.54, 1.807) is 11.8 Å². The Labute approximate surface area is 140 Å². The first-order chi connectivity index (χ1) is 10.7. The number of amides is 1. The lowest BCUT2D eigenvalue weighted by Gasteiger charge is -2.08. The first kappa shape index (κ1) is 16.7. The lowest BCUT2D eigenvalue weighted by atomic mass is 10.1. The molecule has 0 aliphatic rings. The highest BCUT2D eigenvalue weighted by molar-refractivity contribution is 7.98. The van der Waals surface area contributed by atoms with Gasteiger partial charge in [-0.15, -0.1) is 11.8 Å². The van der Waals surface area contributed by atoms with E-state index in [-0.39, 0.29) is 12.5 Å². The Morgan fingerprint density at radius 1 is 1.14 bits per heavy atom. The monoisotopic (exact) mass is 335 g/mol. The van der Waals surface area contributed by atoms with Crippen molar-refractivity contribution in [3.63, 3.8) is 0 Å². The molecule has 0 heterocycles. The Morgan fingerprint density at radius 3 is 2.45 bits per heavy atom. The van der Waals surface area contributed by atoms with Gasteiger partial charge in [-0.1, -0.05) is 23.7 Å². The molecule has 0 aromatic heterocycles. The molecule has 5 heteroatoms. The number of rotatable bonds is 7. The third-order valence-electron chi connectivity index (χ3n) is 3.08. The molecule has 1 N–H and O–H groups in total. The predicted octanol–water partition coefficient (Wildman–Crippen LogP) is 3.80. The minimum absolute atomic E-state index is 0.0270. The second-order valence-electron chi connectivity index (χ2n) is 4.69. The normalized spacial score (nSPS) is 10.3. The van der Waals surface area contributed by atoms with Crippen molar-refractivity contribution in [1.82, 2.24) is 5.32 Å². The molecule has 0 saturated heterocycles. The number of carbonyl (C=O) groups excluding carboxylic acids is 1. The van der Waals surface area contributed by atoms with Crippen molar-refractivity contribution in [1.29, 1.82) is 0 Å². The third-order valence-corrected chi connectivity index (χ3v) is 4.07. The van der Waals surface area contributed by atoms with Crippen LogP contribution in [0.25, 0.3) is 0 Å². The SMILES string of the molecule is CSc1ccc(OCC(=O)NCCc2ccc(Cl)cc2)cc1. The Morgan fingerprint density at radius 2 is 1.82 bits per heavy atom. The van der Waals surface area contributed by atoms with Gasteiger partial charge in [0.25, 0.3) is 5.91 Å². The maximum absolute atomic E-state index is 11.7. The molecule has 22 heavy (non-hydrogen) atoms. The van der Waals surface area contributed by atoms with Gasteiger partial charge in [-0.25, -0.2) is 0 Å². The van der Waals surface area contributed by atoms with E-state index < -0.39 is 0 Å². The molecular formula is C17H18ClNO2S. The molecule has 0 radical (unpaired) electrons. The number of carbonyl (C=O) groups is 1. The second-order valence-corrected chi connectivity index (χ2v) is 6.01. The van der Waals surface area contributed by atoms with Crippen molar-refractivity contribution in [2.24, 2.45) is 0 Å². The Bertz CT molecular complexity index is 599. The van der Waals surface area contributed by atoms with Gasteiger partial charge in [-0.3, -0.25) is 4.79 Å². The highest BCUT2D eigenvalue weighted by atomic mass is 35.5. The van der Waals surface area contributed by atoms with Crippen LogP contribution in [0, 0.1) is 0 Å². The lowest BCUT2D eigenvalue weighted by Crippen LogP contribution is -2.30. The van der Waals surface area contributed by atoms with Gasteiger partial charge in [-0.05, 0) is 54.6 Å². The molecule has 116 valence electrons. The van der Waals surface area contributed by atoms with Crippen molar-refractivity contribution >= 4 is 29.3 Å². The van der Waals surface area contributed by atoms with Crippen molar-refractivity contribution in [2.45, 2.75) is 11.3 Å². The largest absolute Gasteiger partial charge is 0.484 e. The van der Waals surface area contributed by atoms with Gasteiger partial charge >= 0.3 is 0 Å². The van der Waals surface area contributed by atoms with Gasteiger partial charge in [0.15, 0.2) is 6.61 Å². The smallest absolute Gasteiger partial charge is 0.257 e. The highest BCUT2D eigenvalue weighted by Crippen LogP contribution is 2.18. The van der Waals surface area contributed by atoms with Crippen LogP contribution in [0.4, 0.5) is 0 Å². The first-order valence-electron chi connectivity index (χ1n) is 6.95. The van der Waals surface area contributed by atoms with Crippen LogP contribution in [-0.4, -0.2) is 25.3 Å². The van der Waals surface area contributed by atoms with Gasteiger partial charge in [0, 0.05) is 16.5 Å². The molecular weight excluding hydrogens is 318 g/mol. The number of thioether (sulfide) groups is 1. The zero-order valence-electron chi connectivity index (χ0n) is 12.3. The van der Waals surface area contributed by atoms with Gasteiger partial charge in [0.05, 0.1) is 0 Å². The van der Waals surface area contributed by atoms with E-state index in [2.05, 4.69) is 5.32 Å². The van der Waals surface area contributed by atoms with E-state index in [9.17, 15) is 4.79 Å². The van der Waals surface area contributed by atoms with E-state index >= 15 is 0 Å². The van der Waals surface area contributed by atoms with E-state index in [1.807, 2.05) is 54.8 Å². The van der Waals surface area contributed by atoms with Crippen LogP contribution in [0.15, 0.2) is 53.4 Å². The average molecular weight is 336 g/mol. The van der Waals surface area contributed by atoms with Gasteiger partial charge in [0.1, 0.15) is 5.75 Å². The number of ether oxygens (including phenoxy) is 1. The summed E-state index contributed by atoms with van der Waals surface area (Å²) >= 11 is 7.50. The van der Waals surface area contributed by atoms with Crippen LogP contribution in [0.1, 0.15) is 5.56 Å². The van der Waals surface area contributed by atoms with Gasteiger partial charge in [-0.2, -0.15) is 0 Å². The number of halogens is 1. The van der Waals surface area contributed by atoms with Crippen LogP contribution in [0.3, 0.4) is 0 Å². The maximum Gasteiger partial charge on any atom is 0.257 e. The van der Waals surface area contributed by atoms with Crippen LogP contribution in [0.2, 0.25) is 5.02 Å². The molecule has 3 nitrogen and oxygen atoms in total. The minimum atomic E-state index is -0.122. The van der Waals surface area contributed by atoms with Crippen LogP contribution in [0.5, 0.6) is 5.75 Å². The molecule has 0 fully saturated rings. The lowest BCUT2D eigenvalue weighted by molar-refractivity contribution is -0.123. The molecule has 0 bridgehead atoms. The Kier molecular flexibility index (Phi) is 6.62. The summed E-state index contributed by atoms with van der Waals surface area (Å²) in [6.07, 6.45) is 2.79. The Hall–Kier alpha value is -1.65. The molecule has 2 aromatic carbocycles. The fourth-order valence-electron chi connectivity index (χ4n) is 1.87. The molecule has 0 aliphatic carbocycles. The van der Waals surface area contributed by atoms with Crippen LogP contribution in [-0.2, 0) is 11.2 Å². The first-order valence-corrected chi connectivity index (χ1v) is 8.55. The topological polar surface area (TPSA) is 38.3 Å². The molecule has 0 atom stereocenters. The average Bonchev–Trinajstić information content (AvgIpc) is 2.55. The summed E-state index contributed by atoms with van der Waals surface area (Å²) in [7, 11) is 0. The summed E-state index contributed by atoms with van der Waals surface area (Å²) in [6, 6.07) is 15.3. The van der Waals surface area contributed by atoms with Crippen LogP contribution >= 0.6 is 23.4 Å². The second kappa shape index (κ2) is 8.71. The number of benzene rings is 2. The molecule has 1 amide bonds. The fraction of sp³-hybridized carbons (Fsp3) is 0.235. The summed E-state index contributed by atoms with van der Waals surface area (Å²) in [5, 5.41) is 3.55. The van der Waals surface area contributed by atoms with E-state index in [4.69, 9.17) is 16.3 Å². The van der Waals surface area contributed by atoms with Crippen molar-refractivity contribution < 1.29 is 9.53 Å². The van der Waals surface area contributed by atoms with Gasteiger partial charge < -0.3 is 10.1 Å². The van der Waals surface area contributed by atoms with Crippen molar-refractivity contribution in [2.75, 3.05) is 19.4 Å². The van der Waals surface area contributed by atoms with E-state index in [0.717, 1.165) is 12.0 Å². The summed E-state index contributed by atoms with van der Waals surface area (Å²) in [5.74, 6) is 0.577. The number of hydrogen-bond acceptors (Lipinski definition) is 3. The zero-order chi connectivity index (χ0) is 15.8. The number of hydrogen-bond donors (Lipinski definition) is 1. The molecule has 0 unspecified atom stereocenters. The summed E-state index contributed by atoms with van der Waals surface area (Å²) < 4.78 is 5.45. The molecule has 0 saturated carbocycles. The highest BCUT2D eigenvalue weighted by Gasteiger charge is 2.03. The van der Waals surface area contributed by atoms with Gasteiger partial charge in [0.2, 0.25) is 0 Å². The van der Waals surface area contributed by atoms with E-state index in [0.29, 0.717) is 17.3 Å². The van der Waals surface area contributed by atoms with Crippen LogP contribution < -0.4 is 10.1 Å². The summed E-state index contributed by atoms with van der Waals surface area (Å²) in [4.78, 5) is 12.9. The van der Waals surface area contributed by atoms with E-state index in [1.165, 1.54) is 4.90 Å².